The minimum Gasteiger partial charge on any atom is -0.388 e. The van der Waals surface area contributed by atoms with Gasteiger partial charge in [-0.25, -0.2) is 13.1 Å². The van der Waals surface area contributed by atoms with Crippen LogP contribution in [-0.4, -0.2) is 86.6 Å². The third kappa shape index (κ3) is 4.33. The largest absolute Gasteiger partial charge is 0.388 e. The van der Waals surface area contributed by atoms with E-state index in [9.17, 15) is 29.0 Å². The Hall–Kier alpha value is -2.04. The fraction of sp³-hybridized carbons (Fsp3) is 0.550. The fourth-order valence-electron chi connectivity index (χ4n) is 3.99. The summed E-state index contributed by atoms with van der Waals surface area (Å²) in [6, 6.07) is 8.10. The van der Waals surface area contributed by atoms with Crippen LogP contribution in [0.4, 0.5) is 5.69 Å². The number of rotatable bonds is 5. The molecule has 4 rings (SSSR count). The van der Waals surface area contributed by atoms with E-state index < -0.39 is 44.9 Å². The van der Waals surface area contributed by atoms with Crippen molar-refractivity contribution in [2.45, 2.75) is 36.4 Å². The van der Waals surface area contributed by atoms with Crippen molar-refractivity contribution in [3.63, 3.8) is 0 Å². The Bertz CT molecular complexity index is 985. The molecule has 1 unspecified atom stereocenters. The summed E-state index contributed by atoms with van der Waals surface area (Å²) < 4.78 is 38.6. The lowest BCUT2D eigenvalue weighted by atomic mass is 9.98. The molecule has 1 aliphatic carbocycles. The van der Waals surface area contributed by atoms with Crippen LogP contribution in [0.15, 0.2) is 29.2 Å². The average Bonchev–Trinajstić information content (AvgIpc) is 3.46. The molecule has 2 heterocycles. The van der Waals surface area contributed by atoms with Gasteiger partial charge in [0.15, 0.2) is 4.91 Å². The number of hydrogen-bond donors (Lipinski definition) is 4. The molecule has 2 aliphatic heterocycles. The second-order valence-corrected chi connectivity index (χ2v) is 9.64. The number of sulfonamides is 1. The number of ether oxygens (including phenoxy) is 2. The van der Waals surface area contributed by atoms with Gasteiger partial charge in [0.1, 0.15) is 30.0 Å². The number of morpholine rings is 1. The Morgan fingerprint density at radius 2 is 1.90 bits per heavy atom. The summed E-state index contributed by atoms with van der Waals surface area (Å²) in [6.45, 7) is 2.65. The molecule has 3 fully saturated rings. The number of nitriles is 1. The molecule has 0 radical (unpaired) electrons. The summed E-state index contributed by atoms with van der Waals surface area (Å²) >= 11 is 0. The quantitative estimate of drug-likeness (QED) is 0.410. The van der Waals surface area contributed by atoms with Crippen LogP contribution in [0, 0.1) is 11.3 Å². The zero-order chi connectivity index (χ0) is 22.2. The van der Waals surface area contributed by atoms with Crippen molar-refractivity contribution in [1.82, 2.24) is 4.72 Å². The molecule has 2 saturated heterocycles. The molecule has 1 spiro atoms. The first-order chi connectivity index (χ1) is 14.8. The second-order valence-electron chi connectivity index (χ2n) is 7.96. The molecule has 3 aliphatic rings. The summed E-state index contributed by atoms with van der Waals surface area (Å²) in [6.07, 6.45) is -2.71. The monoisotopic (exact) mass is 451 g/mol. The van der Waals surface area contributed by atoms with E-state index in [4.69, 9.17) is 9.47 Å². The van der Waals surface area contributed by atoms with E-state index in [0.29, 0.717) is 18.8 Å². The molecule has 0 amide bonds. The summed E-state index contributed by atoms with van der Waals surface area (Å²) in [4.78, 5) is 1.69. The van der Waals surface area contributed by atoms with Crippen LogP contribution >= 0.6 is 0 Å². The molecule has 4 N–H and O–H groups in total. The van der Waals surface area contributed by atoms with Crippen molar-refractivity contribution in [2.24, 2.45) is 0 Å². The predicted octanol–water partition coefficient (Wildman–Crippen LogP) is -1.07. The Balaban J connectivity index is 1.46. The number of aliphatic hydroxyl groups excluding tert-OH is 3. The molecule has 0 aromatic heterocycles. The van der Waals surface area contributed by atoms with Gasteiger partial charge in [0.2, 0.25) is 0 Å². The molecule has 10 nitrogen and oxygen atoms in total. The molecule has 0 bridgehead atoms. The van der Waals surface area contributed by atoms with Gasteiger partial charge in [0.25, 0.3) is 10.0 Å². The van der Waals surface area contributed by atoms with Crippen LogP contribution < -0.4 is 9.62 Å². The molecular formula is C20H25N3O7S. The zero-order valence-corrected chi connectivity index (χ0v) is 17.5. The van der Waals surface area contributed by atoms with Gasteiger partial charge in [-0.1, -0.05) is 12.1 Å². The number of hydrogen-bond acceptors (Lipinski definition) is 9. The van der Waals surface area contributed by atoms with E-state index in [1.807, 2.05) is 12.1 Å². The lowest BCUT2D eigenvalue weighted by Gasteiger charge is -2.36. The van der Waals surface area contributed by atoms with Crippen molar-refractivity contribution in [3.05, 3.63) is 34.7 Å². The van der Waals surface area contributed by atoms with E-state index in [-0.39, 0.29) is 13.0 Å². The number of anilines is 1. The van der Waals surface area contributed by atoms with Crippen LogP contribution in [0.5, 0.6) is 0 Å². The maximum atomic E-state index is 12.7. The minimum atomic E-state index is -4.18. The van der Waals surface area contributed by atoms with Crippen LogP contribution in [0.2, 0.25) is 0 Å². The third-order valence-electron chi connectivity index (χ3n) is 5.96. The number of benzene rings is 1. The van der Waals surface area contributed by atoms with Gasteiger partial charge in [-0.05, 0) is 30.2 Å². The standard InChI is InChI=1S/C20H25N3O7S/c21-11-15(9-13-1-3-14(4-2-13)23-5-7-29-8-6-23)31(27,28)22-17-10-20(17)19(26)18(25)16(24)12-30-20/h1-4,9,16-19,22,24-26H,5-8,10,12H2/b15-9+/t16-,17?,18+,19-,20+/m0/s1. The second kappa shape index (κ2) is 8.48. The molecule has 1 aromatic rings. The van der Waals surface area contributed by atoms with Crippen molar-refractivity contribution in [3.8, 4) is 6.07 Å². The van der Waals surface area contributed by atoms with Gasteiger partial charge in [0.05, 0.1) is 25.9 Å². The first-order valence-electron chi connectivity index (χ1n) is 10.0. The molecule has 168 valence electrons. The Morgan fingerprint density at radius 1 is 1.23 bits per heavy atom. The van der Waals surface area contributed by atoms with Crippen molar-refractivity contribution < 1.29 is 33.2 Å². The highest BCUT2D eigenvalue weighted by Gasteiger charge is 2.66. The van der Waals surface area contributed by atoms with E-state index in [0.717, 1.165) is 18.8 Å². The van der Waals surface area contributed by atoms with Gasteiger partial charge < -0.3 is 29.7 Å². The number of nitrogens with one attached hydrogen (secondary N) is 1. The van der Waals surface area contributed by atoms with Crippen molar-refractivity contribution >= 4 is 21.8 Å². The maximum absolute atomic E-state index is 12.7. The molecular weight excluding hydrogens is 426 g/mol. The average molecular weight is 452 g/mol. The number of allylic oxidation sites excluding steroid dienone is 1. The SMILES string of the molecule is N#C/C(=C\c1ccc(N2CCOCC2)cc1)S(=O)(=O)NC1C[C@@]12OC[C@H](O)[C@@H](O)[C@@H]2O. The number of aliphatic hydroxyl groups is 3. The molecule has 11 heteroatoms. The van der Waals surface area contributed by atoms with Crippen LogP contribution in [0.1, 0.15) is 12.0 Å². The highest BCUT2D eigenvalue weighted by molar-refractivity contribution is 7.93. The van der Waals surface area contributed by atoms with Crippen molar-refractivity contribution in [2.75, 3.05) is 37.8 Å². The van der Waals surface area contributed by atoms with E-state index in [1.54, 1.807) is 18.2 Å². The van der Waals surface area contributed by atoms with Crippen LogP contribution in [0.3, 0.4) is 0 Å². The van der Waals surface area contributed by atoms with E-state index in [1.165, 1.54) is 6.08 Å². The van der Waals surface area contributed by atoms with Gasteiger partial charge >= 0.3 is 0 Å². The van der Waals surface area contributed by atoms with Crippen LogP contribution in [0.25, 0.3) is 6.08 Å². The van der Waals surface area contributed by atoms with Gasteiger partial charge in [-0.3, -0.25) is 0 Å². The smallest absolute Gasteiger partial charge is 0.251 e. The fourth-order valence-corrected chi connectivity index (χ4v) is 5.18. The van der Waals surface area contributed by atoms with E-state index in [2.05, 4.69) is 9.62 Å². The normalized spacial score (nSPS) is 33.9. The van der Waals surface area contributed by atoms with E-state index >= 15 is 0 Å². The highest BCUT2D eigenvalue weighted by atomic mass is 32.2. The van der Waals surface area contributed by atoms with Gasteiger partial charge in [-0.15, -0.1) is 0 Å². The highest BCUT2D eigenvalue weighted by Crippen LogP contribution is 2.47. The Kier molecular flexibility index (Phi) is 6.06. The van der Waals surface area contributed by atoms with Gasteiger partial charge in [0, 0.05) is 18.8 Å². The summed E-state index contributed by atoms with van der Waals surface area (Å²) in [5.74, 6) is 0. The first kappa shape index (κ1) is 22.2. The lowest BCUT2D eigenvalue weighted by Crippen LogP contribution is -2.57. The lowest BCUT2D eigenvalue weighted by molar-refractivity contribution is -0.200. The maximum Gasteiger partial charge on any atom is 0.251 e. The Morgan fingerprint density at radius 3 is 2.55 bits per heavy atom. The van der Waals surface area contributed by atoms with Crippen molar-refractivity contribution in [1.29, 1.82) is 5.26 Å². The molecule has 1 saturated carbocycles. The molecule has 31 heavy (non-hydrogen) atoms. The minimum absolute atomic E-state index is 0.129. The topological polar surface area (TPSA) is 152 Å². The summed E-state index contributed by atoms with van der Waals surface area (Å²) in [5.41, 5.74) is 0.243. The van der Waals surface area contributed by atoms with Crippen LogP contribution in [-0.2, 0) is 19.5 Å². The number of nitrogens with zero attached hydrogens (tertiary/aromatic N) is 2. The predicted molar refractivity (Wildman–Crippen MR) is 110 cm³/mol. The molecule has 5 atom stereocenters. The molecule has 1 aromatic carbocycles. The summed E-state index contributed by atoms with van der Waals surface area (Å²) in [5, 5.41) is 39.1. The Labute approximate surface area is 180 Å². The summed E-state index contributed by atoms with van der Waals surface area (Å²) in [7, 11) is -4.18. The zero-order valence-electron chi connectivity index (χ0n) is 16.7. The first-order valence-corrected chi connectivity index (χ1v) is 11.5. The third-order valence-corrected chi connectivity index (χ3v) is 7.34. The van der Waals surface area contributed by atoms with Gasteiger partial charge in [-0.2, -0.15) is 5.26 Å².